The lowest BCUT2D eigenvalue weighted by Crippen LogP contribution is -2.35. The molecule has 5 heteroatoms. The predicted octanol–water partition coefficient (Wildman–Crippen LogP) is 2.17. The number of imidazole rings is 1. The standard InChI is InChI=1S/C14H18FN3O/c1-19-13-6-10(15)8-18-9-12(17-14(13)18)7-11-4-2-3-5-16-11/h6,8-9,11,16H,2-5,7H2,1H3/t11-/m0/s1. The molecular weight excluding hydrogens is 245 g/mol. The summed E-state index contributed by atoms with van der Waals surface area (Å²) in [5.41, 5.74) is 1.65. The van der Waals surface area contributed by atoms with E-state index in [-0.39, 0.29) is 5.82 Å². The molecule has 1 N–H and O–H groups in total. The topological polar surface area (TPSA) is 38.6 Å². The van der Waals surface area contributed by atoms with Crippen LogP contribution in [-0.4, -0.2) is 29.1 Å². The maximum atomic E-state index is 13.4. The van der Waals surface area contributed by atoms with Gasteiger partial charge < -0.3 is 14.5 Å². The van der Waals surface area contributed by atoms with Crippen molar-refractivity contribution < 1.29 is 9.13 Å². The molecule has 2 aromatic rings. The van der Waals surface area contributed by atoms with E-state index in [4.69, 9.17) is 4.74 Å². The van der Waals surface area contributed by atoms with Gasteiger partial charge in [0.15, 0.2) is 11.4 Å². The zero-order chi connectivity index (χ0) is 13.2. The highest BCUT2D eigenvalue weighted by Gasteiger charge is 2.16. The van der Waals surface area contributed by atoms with E-state index in [1.807, 2.05) is 6.20 Å². The first-order valence-electron chi connectivity index (χ1n) is 6.71. The van der Waals surface area contributed by atoms with Crippen molar-refractivity contribution in [1.82, 2.24) is 14.7 Å². The van der Waals surface area contributed by atoms with E-state index in [0.29, 0.717) is 17.4 Å². The van der Waals surface area contributed by atoms with Gasteiger partial charge in [-0.2, -0.15) is 0 Å². The van der Waals surface area contributed by atoms with Gasteiger partial charge in [-0.05, 0) is 19.4 Å². The Morgan fingerprint density at radius 2 is 2.37 bits per heavy atom. The minimum Gasteiger partial charge on any atom is -0.493 e. The number of aromatic nitrogens is 2. The number of hydrogen-bond acceptors (Lipinski definition) is 3. The van der Waals surface area contributed by atoms with Crippen LogP contribution in [0.2, 0.25) is 0 Å². The molecule has 0 bridgehead atoms. The summed E-state index contributed by atoms with van der Waals surface area (Å²) >= 11 is 0. The van der Waals surface area contributed by atoms with Crippen LogP contribution in [0.3, 0.4) is 0 Å². The Labute approximate surface area is 111 Å². The van der Waals surface area contributed by atoms with Crippen LogP contribution in [0.15, 0.2) is 18.5 Å². The number of piperidine rings is 1. The van der Waals surface area contributed by atoms with E-state index in [2.05, 4.69) is 10.3 Å². The first kappa shape index (κ1) is 12.4. The minimum atomic E-state index is -0.316. The number of nitrogens with zero attached hydrogens (tertiary/aromatic N) is 2. The SMILES string of the molecule is COc1cc(F)cn2cc(C[C@@H]3CCCCN3)nc12. The monoisotopic (exact) mass is 263 g/mol. The average molecular weight is 263 g/mol. The summed E-state index contributed by atoms with van der Waals surface area (Å²) < 4.78 is 20.3. The van der Waals surface area contributed by atoms with E-state index in [1.165, 1.54) is 38.6 Å². The molecule has 3 heterocycles. The summed E-state index contributed by atoms with van der Waals surface area (Å²) in [6, 6.07) is 1.85. The quantitative estimate of drug-likeness (QED) is 0.922. The fourth-order valence-corrected chi connectivity index (χ4v) is 2.68. The number of fused-ring (bicyclic) bond motifs is 1. The van der Waals surface area contributed by atoms with Gasteiger partial charge in [0.2, 0.25) is 0 Å². The molecule has 3 rings (SSSR count). The summed E-state index contributed by atoms with van der Waals surface area (Å²) in [6.45, 7) is 1.08. The molecule has 0 saturated carbocycles. The smallest absolute Gasteiger partial charge is 0.180 e. The molecule has 4 nitrogen and oxygen atoms in total. The van der Waals surface area contributed by atoms with Crippen molar-refractivity contribution in [3.8, 4) is 5.75 Å². The molecule has 0 amide bonds. The number of methoxy groups -OCH3 is 1. The Hall–Kier alpha value is -1.62. The van der Waals surface area contributed by atoms with Gasteiger partial charge in [-0.3, -0.25) is 0 Å². The molecule has 1 aliphatic rings. The summed E-state index contributed by atoms with van der Waals surface area (Å²) in [4.78, 5) is 4.55. The zero-order valence-electron chi connectivity index (χ0n) is 11.0. The predicted molar refractivity (Wildman–Crippen MR) is 71.0 cm³/mol. The molecule has 2 aromatic heterocycles. The maximum Gasteiger partial charge on any atom is 0.180 e. The highest BCUT2D eigenvalue weighted by atomic mass is 19.1. The van der Waals surface area contributed by atoms with Crippen molar-refractivity contribution in [3.63, 3.8) is 0 Å². The maximum absolute atomic E-state index is 13.4. The Kier molecular flexibility index (Phi) is 3.38. The highest BCUT2D eigenvalue weighted by molar-refractivity contribution is 5.54. The van der Waals surface area contributed by atoms with Crippen LogP contribution in [0, 0.1) is 5.82 Å². The first-order valence-corrected chi connectivity index (χ1v) is 6.71. The second-order valence-electron chi connectivity index (χ2n) is 5.04. The molecule has 0 spiro atoms. The number of hydrogen-bond donors (Lipinski definition) is 1. The zero-order valence-corrected chi connectivity index (χ0v) is 11.0. The Morgan fingerprint density at radius 1 is 1.47 bits per heavy atom. The van der Waals surface area contributed by atoms with Crippen LogP contribution in [-0.2, 0) is 6.42 Å². The fraction of sp³-hybridized carbons (Fsp3) is 0.500. The molecule has 1 saturated heterocycles. The average Bonchev–Trinajstić information content (AvgIpc) is 2.81. The van der Waals surface area contributed by atoms with Gasteiger partial charge in [0, 0.05) is 30.9 Å². The van der Waals surface area contributed by atoms with E-state index in [0.717, 1.165) is 18.7 Å². The molecule has 19 heavy (non-hydrogen) atoms. The molecular formula is C14H18FN3O. The van der Waals surface area contributed by atoms with E-state index in [1.54, 1.807) is 4.40 Å². The van der Waals surface area contributed by atoms with Gasteiger partial charge >= 0.3 is 0 Å². The third-order valence-corrected chi connectivity index (χ3v) is 3.62. The van der Waals surface area contributed by atoms with Crippen LogP contribution < -0.4 is 10.1 Å². The van der Waals surface area contributed by atoms with Crippen LogP contribution in [0.1, 0.15) is 25.0 Å². The number of ether oxygens (including phenoxy) is 1. The lowest BCUT2D eigenvalue weighted by atomic mass is 10.0. The van der Waals surface area contributed by atoms with Crippen LogP contribution >= 0.6 is 0 Å². The Bertz CT molecular complexity index is 575. The number of pyridine rings is 1. The molecule has 0 unspecified atom stereocenters. The normalized spacial score (nSPS) is 19.8. The summed E-state index contributed by atoms with van der Waals surface area (Å²) in [6.07, 6.45) is 7.90. The molecule has 1 aliphatic heterocycles. The van der Waals surface area contributed by atoms with Crippen molar-refractivity contribution in [2.75, 3.05) is 13.7 Å². The van der Waals surface area contributed by atoms with Gasteiger partial charge in [-0.25, -0.2) is 9.37 Å². The van der Waals surface area contributed by atoms with Crippen molar-refractivity contribution >= 4 is 5.65 Å². The van der Waals surface area contributed by atoms with Crippen molar-refractivity contribution in [2.45, 2.75) is 31.7 Å². The highest BCUT2D eigenvalue weighted by Crippen LogP contribution is 2.21. The summed E-state index contributed by atoms with van der Waals surface area (Å²) in [5, 5.41) is 3.50. The lowest BCUT2D eigenvalue weighted by Gasteiger charge is -2.22. The number of halogens is 1. The molecule has 102 valence electrons. The lowest BCUT2D eigenvalue weighted by molar-refractivity contribution is 0.397. The largest absolute Gasteiger partial charge is 0.493 e. The van der Waals surface area contributed by atoms with Gasteiger partial charge in [0.25, 0.3) is 0 Å². The molecule has 1 atom stereocenters. The number of nitrogens with one attached hydrogen (secondary N) is 1. The summed E-state index contributed by atoms with van der Waals surface area (Å²) in [5.74, 6) is 0.159. The van der Waals surface area contributed by atoms with E-state index >= 15 is 0 Å². The van der Waals surface area contributed by atoms with Crippen molar-refractivity contribution in [2.24, 2.45) is 0 Å². The molecule has 0 aromatic carbocycles. The third kappa shape index (κ3) is 2.56. The second kappa shape index (κ2) is 5.17. The fourth-order valence-electron chi connectivity index (χ4n) is 2.68. The van der Waals surface area contributed by atoms with Crippen LogP contribution in [0.4, 0.5) is 4.39 Å². The summed E-state index contributed by atoms with van der Waals surface area (Å²) in [7, 11) is 1.53. The third-order valence-electron chi connectivity index (χ3n) is 3.62. The minimum absolute atomic E-state index is 0.316. The second-order valence-corrected chi connectivity index (χ2v) is 5.04. The van der Waals surface area contributed by atoms with Gasteiger partial charge in [0.1, 0.15) is 5.82 Å². The van der Waals surface area contributed by atoms with Gasteiger partial charge in [0.05, 0.1) is 12.8 Å². The van der Waals surface area contributed by atoms with E-state index in [9.17, 15) is 4.39 Å². The van der Waals surface area contributed by atoms with Gasteiger partial charge in [-0.15, -0.1) is 0 Å². The van der Waals surface area contributed by atoms with Crippen molar-refractivity contribution in [3.05, 3.63) is 30.0 Å². The van der Waals surface area contributed by atoms with Crippen LogP contribution in [0.25, 0.3) is 5.65 Å². The Balaban J connectivity index is 1.88. The van der Waals surface area contributed by atoms with Crippen LogP contribution in [0.5, 0.6) is 5.75 Å². The van der Waals surface area contributed by atoms with Gasteiger partial charge in [-0.1, -0.05) is 6.42 Å². The molecule has 1 fully saturated rings. The first-order chi connectivity index (χ1) is 9.26. The van der Waals surface area contributed by atoms with E-state index < -0.39 is 0 Å². The number of rotatable bonds is 3. The molecule has 0 aliphatic carbocycles. The van der Waals surface area contributed by atoms with Crippen molar-refractivity contribution in [1.29, 1.82) is 0 Å². The Morgan fingerprint density at radius 3 is 3.11 bits per heavy atom. The molecule has 0 radical (unpaired) electrons.